The van der Waals surface area contributed by atoms with Gasteiger partial charge in [-0.05, 0) is 25.3 Å². The molecule has 0 unspecified atom stereocenters. The highest BCUT2D eigenvalue weighted by molar-refractivity contribution is 6.34. The second kappa shape index (κ2) is 3.42. The fourth-order valence-electron chi connectivity index (χ4n) is 1.70. The first-order valence-electron chi connectivity index (χ1n) is 4.41. The van der Waals surface area contributed by atoms with E-state index < -0.39 is 5.41 Å². The Hall–Kier alpha value is -0.780. The molecule has 1 aromatic heterocycles. The number of hydrogen-bond acceptors (Lipinski definition) is 2. The molecule has 2 rings (SSSR count). The fraction of sp³-hybridized carbons (Fsp3) is 0.400. The Kier molecular flexibility index (Phi) is 2.38. The highest BCUT2D eigenvalue weighted by Gasteiger charge is 2.41. The summed E-state index contributed by atoms with van der Waals surface area (Å²) in [5, 5.41) is 10.1. The zero-order valence-electron chi connectivity index (χ0n) is 7.43. The highest BCUT2D eigenvalue weighted by atomic mass is 35.5. The van der Waals surface area contributed by atoms with Crippen LogP contribution in [0.25, 0.3) is 0 Å². The first-order valence-corrected chi connectivity index (χ1v) is 5.16. The molecule has 0 radical (unpaired) electrons. The molecule has 4 heteroatoms. The summed E-state index contributed by atoms with van der Waals surface area (Å²) in [5.74, 6) is 0. The van der Waals surface area contributed by atoms with Crippen molar-refractivity contribution in [3.63, 3.8) is 0 Å². The molecule has 0 bridgehead atoms. The lowest BCUT2D eigenvalue weighted by Gasteiger charge is -2.34. The van der Waals surface area contributed by atoms with Crippen molar-refractivity contribution >= 4 is 23.2 Å². The van der Waals surface area contributed by atoms with Crippen LogP contribution in [0.4, 0.5) is 0 Å². The van der Waals surface area contributed by atoms with E-state index in [0.717, 1.165) is 19.3 Å². The van der Waals surface area contributed by atoms with E-state index in [1.54, 1.807) is 12.3 Å². The van der Waals surface area contributed by atoms with Gasteiger partial charge in [0.2, 0.25) is 0 Å². The smallest absolute Gasteiger partial charge is 0.101 e. The summed E-state index contributed by atoms with van der Waals surface area (Å²) >= 11 is 11.7. The van der Waals surface area contributed by atoms with Crippen LogP contribution in [0.5, 0.6) is 0 Å². The third-order valence-electron chi connectivity index (χ3n) is 2.68. The fourth-order valence-corrected chi connectivity index (χ4v) is 2.26. The van der Waals surface area contributed by atoms with Crippen molar-refractivity contribution in [1.29, 1.82) is 5.26 Å². The number of rotatable bonds is 1. The van der Waals surface area contributed by atoms with Crippen molar-refractivity contribution in [3.05, 3.63) is 28.0 Å². The number of hydrogen-bond donors (Lipinski definition) is 0. The monoisotopic (exact) mass is 226 g/mol. The Labute approximate surface area is 92.5 Å². The average molecular weight is 227 g/mol. The molecule has 1 aliphatic rings. The molecule has 72 valence electrons. The molecule has 2 nitrogen and oxygen atoms in total. The molecule has 1 aromatic rings. The average Bonchev–Trinajstić information content (AvgIpc) is 2.07. The highest BCUT2D eigenvalue weighted by Crippen LogP contribution is 2.44. The number of nitriles is 1. The van der Waals surface area contributed by atoms with Gasteiger partial charge in [0.05, 0.1) is 21.8 Å². The molecule has 0 atom stereocenters. The SMILES string of the molecule is N#CC1(c2ncc(Cl)cc2Cl)CCC1. The molecule has 1 fully saturated rings. The maximum Gasteiger partial charge on any atom is 0.101 e. The van der Waals surface area contributed by atoms with Gasteiger partial charge in [-0.15, -0.1) is 0 Å². The minimum absolute atomic E-state index is 0.457. The van der Waals surface area contributed by atoms with E-state index in [2.05, 4.69) is 11.1 Å². The Morgan fingerprint density at radius 3 is 2.57 bits per heavy atom. The van der Waals surface area contributed by atoms with Gasteiger partial charge in [-0.1, -0.05) is 23.2 Å². The Balaban J connectivity index is 2.46. The molecule has 1 heterocycles. The van der Waals surface area contributed by atoms with Crippen molar-refractivity contribution < 1.29 is 0 Å². The molecule has 0 saturated heterocycles. The molecule has 0 spiro atoms. The van der Waals surface area contributed by atoms with Crippen LogP contribution >= 0.6 is 23.2 Å². The summed E-state index contributed by atoms with van der Waals surface area (Å²) < 4.78 is 0. The van der Waals surface area contributed by atoms with Gasteiger partial charge in [0.1, 0.15) is 5.41 Å². The predicted octanol–water partition coefficient (Wildman–Crippen LogP) is 3.33. The van der Waals surface area contributed by atoms with Crippen LogP contribution in [0.15, 0.2) is 12.3 Å². The van der Waals surface area contributed by atoms with Gasteiger partial charge in [-0.25, -0.2) is 0 Å². The molecule has 0 N–H and O–H groups in total. The van der Waals surface area contributed by atoms with Crippen molar-refractivity contribution in [1.82, 2.24) is 4.98 Å². The van der Waals surface area contributed by atoms with Gasteiger partial charge < -0.3 is 0 Å². The molecule has 14 heavy (non-hydrogen) atoms. The zero-order chi connectivity index (χ0) is 10.2. The quantitative estimate of drug-likeness (QED) is 0.737. The Morgan fingerprint density at radius 1 is 1.43 bits per heavy atom. The van der Waals surface area contributed by atoms with Crippen LogP contribution in [0.1, 0.15) is 25.0 Å². The van der Waals surface area contributed by atoms with Gasteiger partial charge in [0.15, 0.2) is 0 Å². The van der Waals surface area contributed by atoms with Crippen LogP contribution in [-0.4, -0.2) is 4.98 Å². The molecule has 1 saturated carbocycles. The Morgan fingerprint density at radius 2 is 2.14 bits per heavy atom. The summed E-state index contributed by atoms with van der Waals surface area (Å²) in [5.41, 5.74) is 0.221. The lowest BCUT2D eigenvalue weighted by Crippen LogP contribution is -2.33. The lowest BCUT2D eigenvalue weighted by molar-refractivity contribution is 0.316. The van der Waals surface area contributed by atoms with Crippen LogP contribution in [0.2, 0.25) is 10.0 Å². The minimum atomic E-state index is -0.457. The number of aromatic nitrogens is 1. The van der Waals surface area contributed by atoms with Crippen molar-refractivity contribution in [2.24, 2.45) is 0 Å². The molecule has 1 aliphatic carbocycles. The second-order valence-corrected chi connectivity index (χ2v) is 4.38. The van der Waals surface area contributed by atoms with E-state index >= 15 is 0 Å². The predicted molar refractivity (Wildman–Crippen MR) is 55.4 cm³/mol. The first-order chi connectivity index (χ1) is 6.68. The van der Waals surface area contributed by atoms with Crippen LogP contribution in [-0.2, 0) is 5.41 Å². The summed E-state index contributed by atoms with van der Waals surface area (Å²) in [6, 6.07) is 3.94. The van der Waals surface area contributed by atoms with Gasteiger partial charge in [-0.2, -0.15) is 5.26 Å². The molecular formula is C10H8Cl2N2. The standard InChI is InChI=1S/C10H8Cl2N2/c11-7-4-8(12)9(14-5-7)10(6-13)2-1-3-10/h4-5H,1-3H2. The van der Waals surface area contributed by atoms with E-state index in [4.69, 9.17) is 28.5 Å². The van der Waals surface area contributed by atoms with E-state index in [9.17, 15) is 0 Å². The molecule has 0 aliphatic heterocycles. The van der Waals surface area contributed by atoms with Gasteiger partial charge in [-0.3, -0.25) is 4.98 Å². The van der Waals surface area contributed by atoms with Crippen LogP contribution in [0, 0.1) is 11.3 Å². The maximum atomic E-state index is 9.10. The maximum absolute atomic E-state index is 9.10. The third kappa shape index (κ3) is 1.37. The largest absolute Gasteiger partial charge is 0.256 e. The Bertz CT molecular complexity index is 405. The first kappa shape index (κ1) is 9.76. The number of halogens is 2. The summed E-state index contributed by atoms with van der Waals surface area (Å²) in [6.07, 6.45) is 4.30. The van der Waals surface area contributed by atoms with Crippen LogP contribution in [0.3, 0.4) is 0 Å². The van der Waals surface area contributed by atoms with Crippen molar-refractivity contribution in [2.45, 2.75) is 24.7 Å². The summed E-state index contributed by atoms with van der Waals surface area (Å²) in [4.78, 5) is 4.16. The van der Waals surface area contributed by atoms with Crippen LogP contribution < -0.4 is 0 Å². The van der Waals surface area contributed by atoms with Gasteiger partial charge in [0.25, 0.3) is 0 Å². The van der Waals surface area contributed by atoms with E-state index in [1.807, 2.05) is 0 Å². The van der Waals surface area contributed by atoms with E-state index in [-0.39, 0.29) is 0 Å². The zero-order valence-corrected chi connectivity index (χ0v) is 8.94. The van der Waals surface area contributed by atoms with Gasteiger partial charge >= 0.3 is 0 Å². The number of nitrogens with zero attached hydrogens (tertiary/aromatic N) is 2. The molecule has 0 aromatic carbocycles. The van der Waals surface area contributed by atoms with Crippen molar-refractivity contribution in [3.8, 4) is 6.07 Å². The topological polar surface area (TPSA) is 36.7 Å². The van der Waals surface area contributed by atoms with E-state index in [1.165, 1.54) is 0 Å². The third-order valence-corrected chi connectivity index (χ3v) is 3.18. The van der Waals surface area contributed by atoms with E-state index in [0.29, 0.717) is 15.7 Å². The minimum Gasteiger partial charge on any atom is -0.256 e. The second-order valence-electron chi connectivity index (χ2n) is 3.53. The van der Waals surface area contributed by atoms with Gasteiger partial charge in [0, 0.05) is 6.20 Å². The summed E-state index contributed by atoms with van der Waals surface area (Å²) in [7, 11) is 0. The van der Waals surface area contributed by atoms with Crippen molar-refractivity contribution in [2.75, 3.05) is 0 Å². The lowest BCUT2D eigenvalue weighted by atomic mass is 9.67. The number of pyridine rings is 1. The summed E-state index contributed by atoms with van der Waals surface area (Å²) in [6.45, 7) is 0. The molecule has 0 amide bonds. The molecular weight excluding hydrogens is 219 g/mol. The normalized spacial score (nSPS) is 18.4.